The van der Waals surface area contributed by atoms with Gasteiger partial charge in [0, 0.05) is 19.2 Å². The second-order valence-corrected chi connectivity index (χ2v) is 9.95. The smallest absolute Gasteiger partial charge is 0.295 e. The van der Waals surface area contributed by atoms with Crippen molar-refractivity contribution in [3.63, 3.8) is 0 Å². The number of nitrogens with one attached hydrogen (secondary N) is 1. The third-order valence-electron chi connectivity index (χ3n) is 5.60. The lowest BCUT2D eigenvalue weighted by atomic mass is 10.2. The summed E-state index contributed by atoms with van der Waals surface area (Å²) in [5, 5.41) is 15.8. The zero-order chi connectivity index (χ0) is 26.3. The molecule has 12 heteroatoms. The van der Waals surface area contributed by atoms with Crippen LogP contribution in [0.5, 0.6) is 11.5 Å². The van der Waals surface area contributed by atoms with E-state index in [0.29, 0.717) is 23.7 Å². The Hall–Kier alpha value is -4.00. The number of nitro benzene ring substituents is 1. The molecule has 3 aromatic rings. The highest BCUT2D eigenvalue weighted by molar-refractivity contribution is 7.89. The molecule has 0 radical (unpaired) electrons. The van der Waals surface area contributed by atoms with Gasteiger partial charge in [-0.25, -0.2) is 8.42 Å². The van der Waals surface area contributed by atoms with E-state index in [4.69, 9.17) is 14.2 Å². The van der Waals surface area contributed by atoms with Crippen molar-refractivity contribution in [1.29, 1.82) is 0 Å². The molecule has 0 saturated carbocycles. The number of sulfonamides is 1. The molecule has 1 heterocycles. The summed E-state index contributed by atoms with van der Waals surface area (Å²) in [5.74, 6) is 1.06. The number of anilines is 1. The number of ether oxygens (including phenoxy) is 3. The van der Waals surface area contributed by atoms with Crippen LogP contribution in [0.1, 0.15) is 11.1 Å². The Morgan fingerprint density at radius 2 is 1.84 bits per heavy atom. The average molecular weight is 527 g/mol. The SMILES string of the molecule is COc1ccc(/C=N/Nc2ccc(S(=O)(=O)N3CCOCC3)cc2[N+](=O)[O-])cc1OCc1ccccc1. The Bertz CT molecular complexity index is 1380. The van der Waals surface area contributed by atoms with Gasteiger partial charge in [-0.2, -0.15) is 9.41 Å². The zero-order valence-electron chi connectivity index (χ0n) is 20.1. The number of benzene rings is 3. The van der Waals surface area contributed by atoms with Crippen LogP contribution in [0, 0.1) is 10.1 Å². The van der Waals surface area contributed by atoms with E-state index in [1.807, 2.05) is 30.3 Å². The zero-order valence-corrected chi connectivity index (χ0v) is 20.9. The first-order valence-electron chi connectivity index (χ1n) is 11.4. The van der Waals surface area contributed by atoms with Crippen molar-refractivity contribution >= 4 is 27.6 Å². The molecule has 0 unspecified atom stereocenters. The quantitative estimate of drug-likeness (QED) is 0.241. The Kier molecular flexibility index (Phi) is 8.33. The van der Waals surface area contributed by atoms with Crippen LogP contribution in [0.2, 0.25) is 0 Å². The van der Waals surface area contributed by atoms with Crippen LogP contribution >= 0.6 is 0 Å². The molecule has 1 N–H and O–H groups in total. The molecule has 0 bridgehead atoms. The number of methoxy groups -OCH3 is 1. The van der Waals surface area contributed by atoms with Gasteiger partial charge in [0.2, 0.25) is 10.0 Å². The van der Waals surface area contributed by atoms with E-state index in [1.54, 1.807) is 25.3 Å². The van der Waals surface area contributed by atoms with Crippen molar-refractivity contribution in [2.24, 2.45) is 5.10 Å². The van der Waals surface area contributed by atoms with E-state index >= 15 is 0 Å². The molecule has 1 saturated heterocycles. The molecular formula is C25H26N4O7S. The van der Waals surface area contributed by atoms with Crippen molar-refractivity contribution in [1.82, 2.24) is 4.31 Å². The maximum absolute atomic E-state index is 12.9. The van der Waals surface area contributed by atoms with E-state index in [9.17, 15) is 18.5 Å². The number of hydrogen-bond acceptors (Lipinski definition) is 9. The van der Waals surface area contributed by atoms with Gasteiger partial charge in [0.25, 0.3) is 5.69 Å². The molecule has 11 nitrogen and oxygen atoms in total. The largest absolute Gasteiger partial charge is 0.493 e. The minimum atomic E-state index is -3.88. The molecule has 1 fully saturated rings. The molecule has 0 aliphatic carbocycles. The molecule has 37 heavy (non-hydrogen) atoms. The second-order valence-electron chi connectivity index (χ2n) is 8.01. The predicted octanol–water partition coefficient (Wildman–Crippen LogP) is 3.65. The van der Waals surface area contributed by atoms with Crippen molar-refractivity contribution in [3.05, 3.63) is 88.0 Å². The van der Waals surface area contributed by atoms with E-state index in [-0.39, 0.29) is 36.9 Å². The van der Waals surface area contributed by atoms with E-state index in [0.717, 1.165) is 11.6 Å². The lowest BCUT2D eigenvalue weighted by Crippen LogP contribution is -2.40. The van der Waals surface area contributed by atoms with Gasteiger partial charge >= 0.3 is 0 Å². The number of hydrazone groups is 1. The topological polar surface area (TPSA) is 133 Å². The van der Waals surface area contributed by atoms with Gasteiger partial charge in [-0.15, -0.1) is 0 Å². The van der Waals surface area contributed by atoms with Gasteiger partial charge in [0.1, 0.15) is 12.3 Å². The minimum Gasteiger partial charge on any atom is -0.493 e. The van der Waals surface area contributed by atoms with Gasteiger partial charge in [0.05, 0.1) is 36.4 Å². The number of nitro groups is 1. The Labute approximate surface area is 214 Å². The molecule has 194 valence electrons. The van der Waals surface area contributed by atoms with Crippen LogP contribution in [0.3, 0.4) is 0 Å². The fraction of sp³-hybridized carbons (Fsp3) is 0.240. The number of hydrogen-bond donors (Lipinski definition) is 1. The van der Waals surface area contributed by atoms with Gasteiger partial charge < -0.3 is 14.2 Å². The maximum Gasteiger partial charge on any atom is 0.295 e. The van der Waals surface area contributed by atoms with Crippen LogP contribution < -0.4 is 14.9 Å². The predicted molar refractivity (Wildman–Crippen MR) is 138 cm³/mol. The highest BCUT2D eigenvalue weighted by Crippen LogP contribution is 2.30. The summed E-state index contributed by atoms with van der Waals surface area (Å²) in [6, 6.07) is 18.6. The van der Waals surface area contributed by atoms with Gasteiger partial charge in [0.15, 0.2) is 11.5 Å². The van der Waals surface area contributed by atoms with Crippen molar-refractivity contribution in [2.45, 2.75) is 11.5 Å². The molecule has 1 aliphatic rings. The van der Waals surface area contributed by atoms with Crippen molar-refractivity contribution < 1.29 is 27.6 Å². The van der Waals surface area contributed by atoms with Gasteiger partial charge in [-0.3, -0.25) is 15.5 Å². The van der Waals surface area contributed by atoms with Crippen LogP contribution in [0.25, 0.3) is 0 Å². The van der Waals surface area contributed by atoms with Crippen LogP contribution in [-0.4, -0.2) is 57.3 Å². The summed E-state index contributed by atoms with van der Waals surface area (Å²) in [5.41, 5.74) is 3.93. The highest BCUT2D eigenvalue weighted by atomic mass is 32.2. The summed E-state index contributed by atoms with van der Waals surface area (Å²) < 4.78 is 43.5. The Balaban J connectivity index is 1.49. The molecule has 0 atom stereocenters. The lowest BCUT2D eigenvalue weighted by Gasteiger charge is -2.26. The van der Waals surface area contributed by atoms with Gasteiger partial charge in [-0.05, 0) is 41.5 Å². The summed E-state index contributed by atoms with van der Waals surface area (Å²) in [7, 11) is -2.33. The normalized spacial score (nSPS) is 14.4. The first kappa shape index (κ1) is 26.1. The lowest BCUT2D eigenvalue weighted by molar-refractivity contribution is -0.384. The molecule has 0 amide bonds. The molecule has 0 spiro atoms. The monoisotopic (exact) mass is 526 g/mol. The van der Waals surface area contributed by atoms with Crippen LogP contribution in [0.4, 0.5) is 11.4 Å². The Morgan fingerprint density at radius 3 is 2.54 bits per heavy atom. The van der Waals surface area contributed by atoms with Crippen LogP contribution in [0.15, 0.2) is 76.7 Å². The summed E-state index contributed by atoms with van der Waals surface area (Å²) in [6.07, 6.45) is 1.47. The summed E-state index contributed by atoms with van der Waals surface area (Å²) in [4.78, 5) is 10.9. The first-order valence-corrected chi connectivity index (χ1v) is 12.8. The third-order valence-corrected chi connectivity index (χ3v) is 7.49. The van der Waals surface area contributed by atoms with Crippen molar-refractivity contribution in [2.75, 3.05) is 38.8 Å². The van der Waals surface area contributed by atoms with Gasteiger partial charge in [-0.1, -0.05) is 30.3 Å². The maximum atomic E-state index is 12.9. The van der Waals surface area contributed by atoms with Crippen LogP contribution in [-0.2, 0) is 21.4 Å². The number of rotatable bonds is 10. The fourth-order valence-corrected chi connectivity index (χ4v) is 5.08. The van der Waals surface area contributed by atoms with E-state index < -0.39 is 20.6 Å². The molecule has 0 aromatic heterocycles. The van der Waals surface area contributed by atoms with Crippen molar-refractivity contribution in [3.8, 4) is 11.5 Å². The molecular weight excluding hydrogens is 500 g/mol. The number of morpholine rings is 1. The second kappa shape index (κ2) is 11.8. The summed E-state index contributed by atoms with van der Waals surface area (Å²) in [6.45, 7) is 1.29. The van der Waals surface area contributed by atoms with E-state index in [1.165, 1.54) is 22.7 Å². The molecule has 3 aromatic carbocycles. The highest BCUT2D eigenvalue weighted by Gasteiger charge is 2.28. The first-order chi connectivity index (χ1) is 17.9. The number of nitrogens with zero attached hydrogens (tertiary/aromatic N) is 3. The third kappa shape index (κ3) is 6.42. The molecule has 1 aliphatic heterocycles. The molecule has 4 rings (SSSR count). The van der Waals surface area contributed by atoms with E-state index in [2.05, 4.69) is 10.5 Å². The Morgan fingerprint density at radius 1 is 1.08 bits per heavy atom. The standard InChI is InChI=1S/C25H26N4O7S/c1-34-24-10-7-20(15-25(24)36-18-19-5-3-2-4-6-19)17-26-27-22-9-8-21(16-23(22)29(30)31)37(32,33)28-11-13-35-14-12-28/h2-10,15-17,27H,11-14,18H2,1H3/b26-17+. The summed E-state index contributed by atoms with van der Waals surface area (Å²) >= 11 is 0. The average Bonchev–Trinajstić information content (AvgIpc) is 2.93. The minimum absolute atomic E-state index is 0.0521. The fourth-order valence-electron chi connectivity index (χ4n) is 3.65.